The van der Waals surface area contributed by atoms with E-state index in [1.807, 2.05) is 42.5 Å². The molecule has 2 aromatic rings. The summed E-state index contributed by atoms with van der Waals surface area (Å²) in [4.78, 5) is 3.98. The Bertz CT molecular complexity index is 445. The summed E-state index contributed by atoms with van der Waals surface area (Å²) in [6.07, 6.45) is 5.40. The average Bonchev–Trinajstić information content (AvgIpc) is 2.45. The maximum atomic E-state index is 6.09. The molecular formula is C15H18N2O. The summed E-state index contributed by atoms with van der Waals surface area (Å²) < 4.78 is 5.62. The van der Waals surface area contributed by atoms with Crippen molar-refractivity contribution in [1.29, 1.82) is 0 Å². The molecule has 1 atom stereocenters. The van der Waals surface area contributed by atoms with Gasteiger partial charge in [0.1, 0.15) is 5.75 Å². The Kier molecular flexibility index (Phi) is 4.73. The largest absolute Gasteiger partial charge is 0.494 e. The topological polar surface area (TPSA) is 48.1 Å². The van der Waals surface area contributed by atoms with Gasteiger partial charge in [0.2, 0.25) is 0 Å². The van der Waals surface area contributed by atoms with Gasteiger partial charge < -0.3 is 10.5 Å². The SMILES string of the molecule is NC(CCCOc1ccccc1)c1ccncc1. The van der Waals surface area contributed by atoms with Crippen LogP contribution in [0.2, 0.25) is 0 Å². The molecule has 0 radical (unpaired) electrons. The summed E-state index contributed by atoms with van der Waals surface area (Å²) >= 11 is 0. The van der Waals surface area contributed by atoms with E-state index in [9.17, 15) is 0 Å². The van der Waals surface area contributed by atoms with Crippen LogP contribution >= 0.6 is 0 Å². The van der Waals surface area contributed by atoms with Gasteiger partial charge in [0.15, 0.2) is 0 Å². The molecule has 0 saturated heterocycles. The number of hydrogen-bond acceptors (Lipinski definition) is 3. The van der Waals surface area contributed by atoms with Gasteiger partial charge in [0.25, 0.3) is 0 Å². The van der Waals surface area contributed by atoms with Gasteiger partial charge in [-0.25, -0.2) is 0 Å². The first-order valence-electron chi connectivity index (χ1n) is 6.19. The van der Waals surface area contributed by atoms with E-state index >= 15 is 0 Å². The predicted molar refractivity (Wildman–Crippen MR) is 72.3 cm³/mol. The van der Waals surface area contributed by atoms with Gasteiger partial charge in [-0.2, -0.15) is 0 Å². The second-order valence-electron chi connectivity index (χ2n) is 4.19. The molecule has 2 rings (SSSR count). The lowest BCUT2D eigenvalue weighted by atomic mass is 10.0. The number of pyridine rings is 1. The third kappa shape index (κ3) is 3.86. The zero-order chi connectivity index (χ0) is 12.6. The van der Waals surface area contributed by atoms with Crippen LogP contribution in [0.15, 0.2) is 54.9 Å². The summed E-state index contributed by atoms with van der Waals surface area (Å²) in [6, 6.07) is 13.8. The van der Waals surface area contributed by atoms with Gasteiger partial charge in [0, 0.05) is 18.4 Å². The van der Waals surface area contributed by atoms with Gasteiger partial charge in [-0.05, 0) is 42.7 Å². The molecule has 3 nitrogen and oxygen atoms in total. The van der Waals surface area contributed by atoms with Gasteiger partial charge in [0.05, 0.1) is 6.61 Å². The number of aromatic nitrogens is 1. The summed E-state index contributed by atoms with van der Waals surface area (Å²) in [7, 11) is 0. The summed E-state index contributed by atoms with van der Waals surface area (Å²) in [5.41, 5.74) is 7.22. The second-order valence-corrected chi connectivity index (χ2v) is 4.19. The first-order chi connectivity index (χ1) is 8.86. The van der Waals surface area contributed by atoms with Crippen molar-refractivity contribution < 1.29 is 4.74 Å². The molecule has 0 bridgehead atoms. The minimum atomic E-state index is 0.0624. The molecule has 0 fully saturated rings. The van der Waals surface area contributed by atoms with Crippen molar-refractivity contribution in [3.63, 3.8) is 0 Å². The number of ether oxygens (including phenoxy) is 1. The number of benzene rings is 1. The summed E-state index contributed by atoms with van der Waals surface area (Å²) in [6.45, 7) is 0.697. The first-order valence-corrected chi connectivity index (χ1v) is 6.19. The fraction of sp³-hybridized carbons (Fsp3) is 0.267. The molecule has 0 aliphatic rings. The Labute approximate surface area is 108 Å². The van der Waals surface area contributed by atoms with Crippen LogP contribution < -0.4 is 10.5 Å². The van der Waals surface area contributed by atoms with Crippen molar-refractivity contribution >= 4 is 0 Å². The molecular weight excluding hydrogens is 224 g/mol. The van der Waals surface area contributed by atoms with Crippen LogP contribution in [0, 0.1) is 0 Å². The van der Waals surface area contributed by atoms with Crippen LogP contribution in [0.5, 0.6) is 5.75 Å². The van der Waals surface area contributed by atoms with Gasteiger partial charge >= 0.3 is 0 Å². The van der Waals surface area contributed by atoms with E-state index in [0.717, 1.165) is 24.2 Å². The zero-order valence-electron chi connectivity index (χ0n) is 10.3. The van der Waals surface area contributed by atoms with Crippen LogP contribution in [-0.4, -0.2) is 11.6 Å². The molecule has 1 unspecified atom stereocenters. The van der Waals surface area contributed by atoms with E-state index in [4.69, 9.17) is 10.5 Å². The average molecular weight is 242 g/mol. The Morgan fingerprint density at radius 3 is 2.50 bits per heavy atom. The van der Waals surface area contributed by atoms with Crippen molar-refractivity contribution in [1.82, 2.24) is 4.98 Å². The van der Waals surface area contributed by atoms with Crippen LogP contribution in [-0.2, 0) is 0 Å². The quantitative estimate of drug-likeness (QED) is 0.792. The van der Waals surface area contributed by atoms with Gasteiger partial charge in [-0.3, -0.25) is 4.98 Å². The highest BCUT2D eigenvalue weighted by Crippen LogP contribution is 2.15. The number of hydrogen-bond donors (Lipinski definition) is 1. The van der Waals surface area contributed by atoms with Crippen LogP contribution in [0.3, 0.4) is 0 Å². The Hall–Kier alpha value is -1.87. The molecule has 0 spiro atoms. The highest BCUT2D eigenvalue weighted by atomic mass is 16.5. The standard InChI is InChI=1S/C15H18N2O/c16-15(13-8-10-17-11-9-13)7-4-12-18-14-5-2-1-3-6-14/h1-3,5-6,8-11,15H,4,7,12,16H2. The lowest BCUT2D eigenvalue weighted by molar-refractivity contribution is 0.302. The summed E-state index contributed by atoms with van der Waals surface area (Å²) in [5, 5.41) is 0. The van der Waals surface area contributed by atoms with E-state index in [0.29, 0.717) is 6.61 Å². The minimum absolute atomic E-state index is 0.0624. The smallest absolute Gasteiger partial charge is 0.119 e. The van der Waals surface area contributed by atoms with Crippen LogP contribution in [0.25, 0.3) is 0 Å². The van der Waals surface area contributed by atoms with Crippen molar-refractivity contribution in [3.8, 4) is 5.75 Å². The maximum Gasteiger partial charge on any atom is 0.119 e. The molecule has 1 aromatic carbocycles. The second kappa shape index (κ2) is 6.77. The molecule has 1 heterocycles. The van der Waals surface area contributed by atoms with Crippen molar-refractivity contribution in [2.45, 2.75) is 18.9 Å². The van der Waals surface area contributed by atoms with E-state index < -0.39 is 0 Å². The normalized spacial score (nSPS) is 12.1. The minimum Gasteiger partial charge on any atom is -0.494 e. The number of rotatable bonds is 6. The zero-order valence-corrected chi connectivity index (χ0v) is 10.3. The Morgan fingerprint density at radius 2 is 1.78 bits per heavy atom. The molecule has 0 aliphatic carbocycles. The van der Waals surface area contributed by atoms with E-state index in [-0.39, 0.29) is 6.04 Å². The molecule has 2 N–H and O–H groups in total. The van der Waals surface area contributed by atoms with E-state index in [1.165, 1.54) is 0 Å². The van der Waals surface area contributed by atoms with Crippen molar-refractivity contribution in [2.75, 3.05) is 6.61 Å². The van der Waals surface area contributed by atoms with Crippen molar-refractivity contribution in [2.24, 2.45) is 5.73 Å². The molecule has 3 heteroatoms. The lowest BCUT2D eigenvalue weighted by Gasteiger charge is -2.12. The lowest BCUT2D eigenvalue weighted by Crippen LogP contribution is -2.11. The highest BCUT2D eigenvalue weighted by molar-refractivity contribution is 5.20. The number of nitrogens with zero attached hydrogens (tertiary/aromatic N) is 1. The molecule has 1 aromatic heterocycles. The van der Waals surface area contributed by atoms with Gasteiger partial charge in [-0.15, -0.1) is 0 Å². The summed E-state index contributed by atoms with van der Waals surface area (Å²) in [5.74, 6) is 0.912. The van der Waals surface area contributed by atoms with Gasteiger partial charge in [-0.1, -0.05) is 18.2 Å². The Morgan fingerprint density at radius 1 is 1.06 bits per heavy atom. The van der Waals surface area contributed by atoms with Crippen LogP contribution in [0.4, 0.5) is 0 Å². The monoisotopic (exact) mass is 242 g/mol. The van der Waals surface area contributed by atoms with E-state index in [1.54, 1.807) is 12.4 Å². The number of nitrogens with two attached hydrogens (primary N) is 1. The fourth-order valence-corrected chi connectivity index (χ4v) is 1.79. The van der Waals surface area contributed by atoms with Crippen molar-refractivity contribution in [3.05, 3.63) is 60.4 Å². The first kappa shape index (κ1) is 12.6. The highest BCUT2D eigenvalue weighted by Gasteiger charge is 2.04. The Balaban J connectivity index is 1.70. The maximum absolute atomic E-state index is 6.09. The molecule has 0 saturated carbocycles. The number of para-hydroxylation sites is 1. The molecule has 0 amide bonds. The molecule has 0 aliphatic heterocycles. The molecule has 94 valence electrons. The fourth-order valence-electron chi connectivity index (χ4n) is 1.79. The third-order valence-electron chi connectivity index (χ3n) is 2.81. The predicted octanol–water partition coefficient (Wildman–Crippen LogP) is 2.94. The molecule has 18 heavy (non-hydrogen) atoms. The van der Waals surface area contributed by atoms with E-state index in [2.05, 4.69) is 4.98 Å². The van der Waals surface area contributed by atoms with Crippen LogP contribution in [0.1, 0.15) is 24.4 Å². The third-order valence-corrected chi connectivity index (χ3v) is 2.81.